The quantitative estimate of drug-likeness (QED) is 0.736. The third-order valence-corrected chi connectivity index (χ3v) is 5.31. The van der Waals surface area contributed by atoms with E-state index in [4.69, 9.17) is 0 Å². The minimum atomic E-state index is 0.116. The lowest BCUT2D eigenvalue weighted by Crippen LogP contribution is -2.15. The number of nitrogens with one attached hydrogen (secondary N) is 2. The maximum Gasteiger partial charge on any atom is 0.224 e. The van der Waals surface area contributed by atoms with Gasteiger partial charge in [0.2, 0.25) is 5.91 Å². The predicted octanol–water partition coefficient (Wildman–Crippen LogP) is 4.14. The molecule has 0 saturated carbocycles. The zero-order chi connectivity index (χ0) is 17.2. The van der Waals surface area contributed by atoms with E-state index in [9.17, 15) is 4.79 Å². The van der Waals surface area contributed by atoms with E-state index in [2.05, 4.69) is 58.5 Å². The second-order valence-electron chi connectivity index (χ2n) is 6.94. The molecule has 1 saturated heterocycles. The van der Waals surface area contributed by atoms with Gasteiger partial charge in [0.1, 0.15) is 0 Å². The number of anilines is 1. The van der Waals surface area contributed by atoms with Crippen molar-refractivity contribution in [1.82, 2.24) is 9.88 Å². The highest BCUT2D eigenvalue weighted by Gasteiger charge is 2.16. The van der Waals surface area contributed by atoms with Crippen LogP contribution in [0.15, 0.2) is 42.5 Å². The molecule has 1 fully saturated rings. The van der Waals surface area contributed by atoms with Gasteiger partial charge in [-0.2, -0.15) is 0 Å². The van der Waals surface area contributed by atoms with E-state index in [0.29, 0.717) is 12.3 Å². The van der Waals surface area contributed by atoms with E-state index in [-0.39, 0.29) is 5.91 Å². The molecule has 1 unspecified atom stereocenters. The Morgan fingerprint density at radius 1 is 1.20 bits per heavy atom. The van der Waals surface area contributed by atoms with Crippen LogP contribution in [0, 0.1) is 5.92 Å². The van der Waals surface area contributed by atoms with E-state index in [0.717, 1.165) is 31.7 Å². The number of fused-ring (bicyclic) bond motifs is 3. The number of aromatic nitrogens is 1. The number of nitrogens with zero attached hydrogens (tertiary/aromatic N) is 1. The smallest absolute Gasteiger partial charge is 0.224 e. The summed E-state index contributed by atoms with van der Waals surface area (Å²) in [5.41, 5.74) is 3.36. The molecule has 1 aromatic heterocycles. The molecule has 25 heavy (non-hydrogen) atoms. The van der Waals surface area contributed by atoms with E-state index in [1.54, 1.807) is 0 Å². The van der Waals surface area contributed by atoms with Crippen LogP contribution >= 0.6 is 0 Å². The highest BCUT2D eigenvalue weighted by Crippen LogP contribution is 2.31. The Balaban J connectivity index is 1.56. The minimum absolute atomic E-state index is 0.116. The molecule has 2 N–H and O–H groups in total. The summed E-state index contributed by atoms with van der Waals surface area (Å²) in [5.74, 6) is 0.765. The van der Waals surface area contributed by atoms with Crippen LogP contribution in [-0.4, -0.2) is 23.6 Å². The molecule has 0 aliphatic carbocycles. The van der Waals surface area contributed by atoms with Crippen molar-refractivity contribution < 1.29 is 4.79 Å². The van der Waals surface area contributed by atoms with E-state index >= 15 is 0 Å². The van der Waals surface area contributed by atoms with Crippen molar-refractivity contribution in [3.05, 3.63) is 42.5 Å². The van der Waals surface area contributed by atoms with Crippen LogP contribution in [0.5, 0.6) is 0 Å². The topological polar surface area (TPSA) is 46.1 Å². The summed E-state index contributed by atoms with van der Waals surface area (Å²) < 4.78 is 2.32. The van der Waals surface area contributed by atoms with Crippen LogP contribution in [0.1, 0.15) is 26.2 Å². The Labute approximate surface area is 148 Å². The first-order valence-corrected chi connectivity index (χ1v) is 9.28. The molecular formula is C21H25N3O. The molecule has 0 radical (unpaired) electrons. The first-order chi connectivity index (χ1) is 12.3. The molecule has 1 aliphatic heterocycles. The summed E-state index contributed by atoms with van der Waals surface area (Å²) in [6, 6.07) is 14.7. The normalized spacial score (nSPS) is 17.4. The Morgan fingerprint density at radius 2 is 2.04 bits per heavy atom. The van der Waals surface area contributed by atoms with Gasteiger partial charge in [-0.25, -0.2) is 0 Å². The molecular weight excluding hydrogens is 310 g/mol. The summed E-state index contributed by atoms with van der Waals surface area (Å²) >= 11 is 0. The molecule has 4 rings (SSSR count). The standard InChI is InChI=1S/C21H25N3O/c1-2-24-19-6-4-3-5-17(19)18-13-16(8-9-20(18)24)23-21(25)10-7-15-11-12-22-14-15/h3-6,8-9,13,15,22H,2,7,10-12,14H2,1H3,(H,23,25). The third-order valence-electron chi connectivity index (χ3n) is 5.31. The van der Waals surface area contributed by atoms with Crippen molar-refractivity contribution in [3.8, 4) is 0 Å². The van der Waals surface area contributed by atoms with Gasteiger partial charge in [-0.3, -0.25) is 4.79 Å². The molecule has 0 spiro atoms. The number of hydrogen-bond acceptors (Lipinski definition) is 2. The molecule has 0 bridgehead atoms. The highest BCUT2D eigenvalue weighted by molar-refractivity contribution is 6.09. The summed E-state index contributed by atoms with van der Waals surface area (Å²) in [7, 11) is 0. The van der Waals surface area contributed by atoms with Gasteiger partial charge >= 0.3 is 0 Å². The lowest BCUT2D eigenvalue weighted by atomic mass is 10.0. The van der Waals surface area contributed by atoms with Crippen LogP contribution in [0.4, 0.5) is 5.69 Å². The fourth-order valence-corrected chi connectivity index (χ4v) is 3.99. The van der Waals surface area contributed by atoms with Gasteiger partial charge in [0.15, 0.2) is 0 Å². The zero-order valence-corrected chi connectivity index (χ0v) is 14.7. The number of para-hydroxylation sites is 1. The number of hydrogen-bond donors (Lipinski definition) is 2. The zero-order valence-electron chi connectivity index (χ0n) is 14.7. The molecule has 3 aromatic rings. The molecule has 130 valence electrons. The van der Waals surface area contributed by atoms with Gasteiger partial charge in [0.25, 0.3) is 0 Å². The van der Waals surface area contributed by atoms with Gasteiger partial charge in [-0.1, -0.05) is 18.2 Å². The van der Waals surface area contributed by atoms with Crippen molar-refractivity contribution in [3.63, 3.8) is 0 Å². The lowest BCUT2D eigenvalue weighted by molar-refractivity contribution is -0.116. The molecule has 4 nitrogen and oxygen atoms in total. The predicted molar refractivity (Wildman–Crippen MR) is 104 cm³/mol. The van der Waals surface area contributed by atoms with Crippen LogP contribution in [-0.2, 0) is 11.3 Å². The fourth-order valence-electron chi connectivity index (χ4n) is 3.99. The molecule has 2 heterocycles. The van der Waals surface area contributed by atoms with E-state index in [1.807, 2.05) is 6.07 Å². The van der Waals surface area contributed by atoms with Crippen LogP contribution in [0.25, 0.3) is 21.8 Å². The van der Waals surface area contributed by atoms with Gasteiger partial charge in [0.05, 0.1) is 0 Å². The first-order valence-electron chi connectivity index (χ1n) is 9.28. The average molecular weight is 335 g/mol. The first kappa shape index (κ1) is 16.2. The van der Waals surface area contributed by atoms with Crippen molar-refractivity contribution in [2.45, 2.75) is 32.7 Å². The van der Waals surface area contributed by atoms with Crippen molar-refractivity contribution in [2.75, 3.05) is 18.4 Å². The number of aryl methyl sites for hydroxylation is 1. The van der Waals surface area contributed by atoms with Crippen molar-refractivity contribution in [1.29, 1.82) is 0 Å². The van der Waals surface area contributed by atoms with E-state index < -0.39 is 0 Å². The van der Waals surface area contributed by atoms with Gasteiger partial charge in [0, 0.05) is 40.5 Å². The molecule has 1 amide bonds. The highest BCUT2D eigenvalue weighted by atomic mass is 16.1. The monoisotopic (exact) mass is 335 g/mol. The Kier molecular flexibility index (Phi) is 4.45. The second kappa shape index (κ2) is 6.89. The third kappa shape index (κ3) is 3.14. The SMILES string of the molecule is CCn1c2ccccc2c2cc(NC(=O)CCC3CCNC3)ccc21. The van der Waals surface area contributed by atoms with E-state index in [1.165, 1.54) is 28.2 Å². The van der Waals surface area contributed by atoms with Gasteiger partial charge in [-0.05, 0) is 63.0 Å². The largest absolute Gasteiger partial charge is 0.341 e. The van der Waals surface area contributed by atoms with Gasteiger partial charge in [-0.15, -0.1) is 0 Å². The average Bonchev–Trinajstić information content (AvgIpc) is 3.25. The number of benzene rings is 2. The van der Waals surface area contributed by atoms with Crippen LogP contribution < -0.4 is 10.6 Å². The molecule has 1 atom stereocenters. The Hall–Kier alpha value is -2.33. The minimum Gasteiger partial charge on any atom is -0.341 e. The fraction of sp³-hybridized carbons (Fsp3) is 0.381. The molecule has 2 aromatic carbocycles. The summed E-state index contributed by atoms with van der Waals surface area (Å²) in [5, 5.41) is 8.89. The van der Waals surface area contributed by atoms with Crippen molar-refractivity contribution >= 4 is 33.4 Å². The Bertz CT molecular complexity index is 906. The number of carbonyl (C=O) groups is 1. The summed E-state index contributed by atoms with van der Waals surface area (Å²) in [4.78, 5) is 12.3. The van der Waals surface area contributed by atoms with Crippen molar-refractivity contribution in [2.24, 2.45) is 5.92 Å². The lowest BCUT2D eigenvalue weighted by Gasteiger charge is -2.09. The summed E-state index contributed by atoms with van der Waals surface area (Å²) in [6.45, 7) is 5.24. The number of carbonyl (C=O) groups excluding carboxylic acids is 1. The number of rotatable bonds is 5. The maximum absolute atomic E-state index is 12.3. The van der Waals surface area contributed by atoms with Gasteiger partial charge < -0.3 is 15.2 Å². The molecule has 4 heteroatoms. The maximum atomic E-state index is 12.3. The summed E-state index contributed by atoms with van der Waals surface area (Å²) in [6.07, 6.45) is 2.76. The van der Waals surface area contributed by atoms with Crippen LogP contribution in [0.2, 0.25) is 0 Å². The van der Waals surface area contributed by atoms with Crippen LogP contribution in [0.3, 0.4) is 0 Å². The molecule has 1 aliphatic rings. The second-order valence-corrected chi connectivity index (χ2v) is 6.94. The Morgan fingerprint density at radius 3 is 2.84 bits per heavy atom. The number of amides is 1.